The molecule has 6 heteroatoms. The number of fused-ring (bicyclic) bond motifs is 1. The van der Waals surface area contributed by atoms with Crippen LogP contribution in [-0.4, -0.2) is 17.7 Å². The summed E-state index contributed by atoms with van der Waals surface area (Å²) in [6, 6.07) is 9.39. The number of anilines is 1. The van der Waals surface area contributed by atoms with Crippen molar-refractivity contribution in [1.82, 2.24) is 10.3 Å². The van der Waals surface area contributed by atoms with Gasteiger partial charge >= 0.3 is 6.18 Å². The fraction of sp³-hybridized carbons (Fsp3) is 0.400. The number of nitrogens with one attached hydrogen (secondary N) is 1. The fourth-order valence-electron chi connectivity index (χ4n) is 2.14. The molecule has 0 spiro atoms. The van der Waals surface area contributed by atoms with E-state index in [1.165, 1.54) is 0 Å². The van der Waals surface area contributed by atoms with Gasteiger partial charge in [-0.25, -0.2) is 0 Å². The van der Waals surface area contributed by atoms with Crippen LogP contribution >= 0.6 is 0 Å². The molecule has 21 heavy (non-hydrogen) atoms. The highest BCUT2D eigenvalue weighted by molar-refractivity contribution is 5.90. The minimum absolute atomic E-state index is 0.143. The van der Waals surface area contributed by atoms with Crippen LogP contribution < -0.4 is 11.1 Å². The molecule has 2 aromatic rings. The normalized spacial score (nSPS) is 12.0. The molecule has 0 radical (unpaired) electrons. The monoisotopic (exact) mass is 297 g/mol. The van der Waals surface area contributed by atoms with Crippen LogP contribution in [0.3, 0.4) is 0 Å². The summed E-state index contributed by atoms with van der Waals surface area (Å²) >= 11 is 0. The van der Waals surface area contributed by atoms with Crippen molar-refractivity contribution in [3.05, 3.63) is 36.0 Å². The largest absolute Gasteiger partial charge is 0.398 e. The second kappa shape index (κ2) is 6.76. The second-order valence-corrected chi connectivity index (χ2v) is 4.97. The minimum atomic E-state index is -4.06. The van der Waals surface area contributed by atoms with E-state index in [0.717, 1.165) is 16.6 Å². The average molecular weight is 297 g/mol. The molecular formula is C15H18F3N3. The predicted octanol–water partition coefficient (Wildman–Crippen LogP) is 3.64. The molecule has 3 N–H and O–H groups in total. The molecule has 1 aromatic carbocycles. The number of alkyl halides is 3. The molecule has 0 atom stereocenters. The molecule has 0 saturated carbocycles. The van der Waals surface area contributed by atoms with Gasteiger partial charge < -0.3 is 11.1 Å². The number of nitrogens with two attached hydrogens (primary N) is 1. The molecule has 2 rings (SSSR count). The van der Waals surface area contributed by atoms with Crippen LogP contribution in [0.4, 0.5) is 18.9 Å². The van der Waals surface area contributed by atoms with Gasteiger partial charge in [-0.2, -0.15) is 13.2 Å². The van der Waals surface area contributed by atoms with E-state index in [4.69, 9.17) is 5.73 Å². The van der Waals surface area contributed by atoms with Gasteiger partial charge in [0.25, 0.3) is 0 Å². The van der Waals surface area contributed by atoms with Crippen molar-refractivity contribution in [3.63, 3.8) is 0 Å². The Hall–Kier alpha value is -1.82. The summed E-state index contributed by atoms with van der Waals surface area (Å²) in [5, 5.41) is 4.00. The number of halogens is 3. The van der Waals surface area contributed by atoms with Gasteiger partial charge in [0, 0.05) is 24.0 Å². The topological polar surface area (TPSA) is 50.9 Å². The lowest BCUT2D eigenvalue weighted by molar-refractivity contribution is -0.135. The molecule has 1 aromatic heterocycles. The molecule has 3 nitrogen and oxygen atoms in total. The van der Waals surface area contributed by atoms with Crippen molar-refractivity contribution in [3.8, 4) is 0 Å². The Kier molecular flexibility index (Phi) is 5.01. The SMILES string of the molecule is Nc1cc(CNCCCCC(F)(F)F)nc2ccccc12. The number of aromatic nitrogens is 1. The van der Waals surface area contributed by atoms with Crippen molar-refractivity contribution in [2.45, 2.75) is 32.0 Å². The van der Waals surface area contributed by atoms with E-state index in [1.807, 2.05) is 24.3 Å². The third-order valence-corrected chi connectivity index (χ3v) is 3.17. The zero-order valence-corrected chi connectivity index (χ0v) is 11.6. The van der Waals surface area contributed by atoms with E-state index in [0.29, 0.717) is 25.2 Å². The van der Waals surface area contributed by atoms with Crippen LogP contribution in [0.1, 0.15) is 25.0 Å². The highest BCUT2D eigenvalue weighted by Gasteiger charge is 2.25. The van der Waals surface area contributed by atoms with Crippen LogP contribution in [-0.2, 0) is 6.54 Å². The molecule has 0 aliphatic rings. The van der Waals surface area contributed by atoms with Crippen LogP contribution in [0.2, 0.25) is 0 Å². The lowest BCUT2D eigenvalue weighted by Crippen LogP contribution is -2.17. The van der Waals surface area contributed by atoms with E-state index in [-0.39, 0.29) is 6.42 Å². The van der Waals surface area contributed by atoms with Gasteiger partial charge in [0.15, 0.2) is 0 Å². The predicted molar refractivity (Wildman–Crippen MR) is 77.8 cm³/mol. The van der Waals surface area contributed by atoms with Crippen LogP contribution in [0, 0.1) is 0 Å². The zero-order valence-electron chi connectivity index (χ0n) is 11.6. The first-order valence-electron chi connectivity index (χ1n) is 6.87. The van der Waals surface area contributed by atoms with Gasteiger partial charge in [-0.05, 0) is 31.5 Å². The fourth-order valence-corrected chi connectivity index (χ4v) is 2.14. The van der Waals surface area contributed by atoms with Gasteiger partial charge in [-0.15, -0.1) is 0 Å². The number of benzene rings is 1. The molecule has 1 heterocycles. The van der Waals surface area contributed by atoms with Crippen molar-refractivity contribution in [2.24, 2.45) is 0 Å². The quantitative estimate of drug-likeness (QED) is 0.800. The summed E-state index contributed by atoms with van der Waals surface area (Å²) in [6.07, 6.45) is -4.16. The summed E-state index contributed by atoms with van der Waals surface area (Å²) in [5.41, 5.74) is 8.24. The molecule has 0 unspecified atom stereocenters. The average Bonchev–Trinajstić information content (AvgIpc) is 2.41. The van der Waals surface area contributed by atoms with Gasteiger partial charge in [0.05, 0.1) is 11.2 Å². The van der Waals surface area contributed by atoms with Gasteiger partial charge in [0.2, 0.25) is 0 Å². The van der Waals surface area contributed by atoms with Crippen molar-refractivity contribution in [2.75, 3.05) is 12.3 Å². The summed E-state index contributed by atoms with van der Waals surface area (Å²) < 4.78 is 35.9. The number of hydrogen-bond acceptors (Lipinski definition) is 3. The Balaban J connectivity index is 1.81. The summed E-state index contributed by atoms with van der Waals surface area (Å²) in [5.74, 6) is 0. The summed E-state index contributed by atoms with van der Waals surface area (Å²) in [4.78, 5) is 4.47. The molecule has 0 bridgehead atoms. The van der Waals surface area contributed by atoms with Crippen molar-refractivity contribution in [1.29, 1.82) is 0 Å². The molecule has 0 amide bonds. The standard InChI is InChI=1S/C15H18F3N3/c16-15(17,18)7-3-4-8-20-10-11-9-13(19)12-5-1-2-6-14(12)21-11/h1-2,5-6,9,20H,3-4,7-8,10H2,(H2,19,21). The van der Waals surface area contributed by atoms with E-state index in [2.05, 4.69) is 10.3 Å². The maximum absolute atomic E-state index is 12.0. The third kappa shape index (κ3) is 4.90. The van der Waals surface area contributed by atoms with Crippen LogP contribution in [0.25, 0.3) is 10.9 Å². The molecule has 0 aliphatic carbocycles. The Morgan fingerprint density at radius 1 is 1.14 bits per heavy atom. The van der Waals surface area contributed by atoms with E-state index >= 15 is 0 Å². The third-order valence-electron chi connectivity index (χ3n) is 3.17. The maximum atomic E-state index is 12.0. The Labute approximate surface area is 121 Å². The number of pyridine rings is 1. The van der Waals surface area contributed by atoms with Crippen LogP contribution in [0.15, 0.2) is 30.3 Å². The van der Waals surface area contributed by atoms with Gasteiger partial charge in [-0.1, -0.05) is 18.2 Å². The number of nitrogens with zero attached hydrogens (tertiary/aromatic N) is 1. The molecule has 0 aliphatic heterocycles. The Bertz CT molecular complexity index is 596. The molecule has 0 fully saturated rings. The van der Waals surface area contributed by atoms with Crippen LogP contribution in [0.5, 0.6) is 0 Å². The lowest BCUT2D eigenvalue weighted by Gasteiger charge is -2.08. The maximum Gasteiger partial charge on any atom is 0.389 e. The molecular weight excluding hydrogens is 279 g/mol. The van der Waals surface area contributed by atoms with Crippen molar-refractivity contribution < 1.29 is 13.2 Å². The first-order chi connectivity index (χ1) is 9.96. The molecule has 0 saturated heterocycles. The number of hydrogen-bond donors (Lipinski definition) is 2. The van der Waals surface area contributed by atoms with E-state index in [9.17, 15) is 13.2 Å². The summed E-state index contributed by atoms with van der Waals surface area (Å²) in [7, 11) is 0. The number of rotatable bonds is 6. The second-order valence-electron chi connectivity index (χ2n) is 4.97. The first-order valence-corrected chi connectivity index (χ1v) is 6.87. The lowest BCUT2D eigenvalue weighted by atomic mass is 10.1. The number of nitrogen functional groups attached to an aromatic ring is 1. The zero-order chi connectivity index (χ0) is 15.3. The van der Waals surface area contributed by atoms with Crippen molar-refractivity contribution >= 4 is 16.6 Å². The minimum Gasteiger partial charge on any atom is -0.398 e. The van der Waals surface area contributed by atoms with E-state index < -0.39 is 12.6 Å². The number of unbranched alkanes of at least 4 members (excludes halogenated alkanes) is 1. The van der Waals surface area contributed by atoms with E-state index in [1.54, 1.807) is 6.07 Å². The van der Waals surface area contributed by atoms with Gasteiger partial charge in [-0.3, -0.25) is 4.98 Å². The summed E-state index contributed by atoms with van der Waals surface area (Å²) in [6.45, 7) is 1.03. The van der Waals surface area contributed by atoms with Gasteiger partial charge in [0.1, 0.15) is 0 Å². The number of para-hydroxylation sites is 1. The Morgan fingerprint density at radius 3 is 2.67 bits per heavy atom. The molecule has 114 valence electrons. The Morgan fingerprint density at radius 2 is 1.90 bits per heavy atom. The highest BCUT2D eigenvalue weighted by atomic mass is 19.4. The first kappa shape index (κ1) is 15.6. The smallest absolute Gasteiger partial charge is 0.389 e. The highest BCUT2D eigenvalue weighted by Crippen LogP contribution is 2.22.